The first-order valence-corrected chi connectivity index (χ1v) is 5.79. The zero-order valence-electron chi connectivity index (χ0n) is 10.6. The van der Waals surface area contributed by atoms with E-state index in [1.807, 2.05) is 32.0 Å². The van der Waals surface area contributed by atoms with Crippen LogP contribution in [0, 0.1) is 13.8 Å². The highest BCUT2D eigenvalue weighted by molar-refractivity contribution is 5.71. The first-order chi connectivity index (χ1) is 8.87. The highest BCUT2D eigenvalue weighted by Gasteiger charge is 2.30. The Bertz CT molecular complexity index is 551. The monoisotopic (exact) mass is 266 g/mol. The fourth-order valence-electron chi connectivity index (χ4n) is 2.09. The van der Waals surface area contributed by atoms with Crippen molar-refractivity contribution in [2.75, 3.05) is 0 Å². The fraction of sp³-hybridized carbons (Fsp3) is 0.200. The average molecular weight is 266 g/mol. The van der Waals surface area contributed by atoms with Gasteiger partial charge in [-0.15, -0.1) is 13.2 Å². The minimum absolute atomic E-state index is 0.206. The van der Waals surface area contributed by atoms with Crippen molar-refractivity contribution in [1.82, 2.24) is 0 Å². The van der Waals surface area contributed by atoms with Crippen LogP contribution in [0.25, 0.3) is 11.1 Å². The molecular formula is C15H13F3O. The maximum Gasteiger partial charge on any atom is 0.573 e. The lowest BCUT2D eigenvalue weighted by Crippen LogP contribution is -2.16. The van der Waals surface area contributed by atoms with E-state index in [0.29, 0.717) is 0 Å². The molecule has 1 nitrogen and oxygen atoms in total. The molecule has 0 bridgehead atoms. The van der Waals surface area contributed by atoms with Crippen LogP contribution in [0.5, 0.6) is 5.75 Å². The van der Waals surface area contributed by atoms with Gasteiger partial charge < -0.3 is 4.74 Å². The van der Waals surface area contributed by atoms with Crippen molar-refractivity contribution in [3.63, 3.8) is 0 Å². The van der Waals surface area contributed by atoms with Crippen LogP contribution in [0.2, 0.25) is 0 Å². The van der Waals surface area contributed by atoms with E-state index in [9.17, 15) is 13.2 Å². The summed E-state index contributed by atoms with van der Waals surface area (Å²) in [4.78, 5) is 0. The van der Waals surface area contributed by atoms with Crippen LogP contribution in [-0.2, 0) is 0 Å². The van der Waals surface area contributed by atoms with Crippen molar-refractivity contribution >= 4 is 0 Å². The Hall–Kier alpha value is -1.97. The SMILES string of the molecule is Cc1cccc(C)c1-c1ccc(OC(F)(F)F)cc1. The van der Waals surface area contributed by atoms with Crippen LogP contribution in [0.4, 0.5) is 13.2 Å². The van der Waals surface area contributed by atoms with Gasteiger partial charge in [0.2, 0.25) is 0 Å². The number of alkyl halides is 3. The second-order valence-electron chi connectivity index (χ2n) is 4.34. The quantitative estimate of drug-likeness (QED) is 0.753. The molecule has 0 aliphatic rings. The predicted molar refractivity (Wildman–Crippen MR) is 68.0 cm³/mol. The van der Waals surface area contributed by atoms with Crippen LogP contribution >= 0.6 is 0 Å². The molecule has 0 N–H and O–H groups in total. The summed E-state index contributed by atoms with van der Waals surface area (Å²) in [6, 6.07) is 11.8. The van der Waals surface area contributed by atoms with Crippen LogP contribution in [0.3, 0.4) is 0 Å². The number of benzene rings is 2. The molecule has 0 saturated carbocycles. The first-order valence-electron chi connectivity index (χ1n) is 5.79. The summed E-state index contributed by atoms with van der Waals surface area (Å²) in [5.74, 6) is -0.206. The summed E-state index contributed by atoms with van der Waals surface area (Å²) in [6.07, 6.45) is -4.65. The Morgan fingerprint density at radius 1 is 0.842 bits per heavy atom. The lowest BCUT2D eigenvalue weighted by molar-refractivity contribution is -0.274. The maximum absolute atomic E-state index is 12.1. The highest BCUT2D eigenvalue weighted by atomic mass is 19.4. The number of ether oxygens (including phenoxy) is 1. The first kappa shape index (κ1) is 13.5. The molecular weight excluding hydrogens is 253 g/mol. The summed E-state index contributed by atoms with van der Waals surface area (Å²) in [5.41, 5.74) is 4.10. The number of hydrogen-bond acceptors (Lipinski definition) is 1. The molecule has 0 spiro atoms. The van der Waals surface area contributed by atoms with Gasteiger partial charge in [-0.1, -0.05) is 30.3 Å². The predicted octanol–water partition coefficient (Wildman–Crippen LogP) is 4.87. The zero-order valence-corrected chi connectivity index (χ0v) is 10.6. The van der Waals surface area contributed by atoms with Gasteiger partial charge in [-0.25, -0.2) is 0 Å². The topological polar surface area (TPSA) is 9.23 Å². The van der Waals surface area contributed by atoms with Gasteiger partial charge in [0.25, 0.3) is 0 Å². The molecule has 0 heterocycles. The maximum atomic E-state index is 12.1. The fourth-order valence-corrected chi connectivity index (χ4v) is 2.09. The molecule has 0 fully saturated rings. The van der Waals surface area contributed by atoms with Crippen molar-refractivity contribution in [3.05, 3.63) is 53.6 Å². The van der Waals surface area contributed by atoms with E-state index in [-0.39, 0.29) is 5.75 Å². The molecule has 19 heavy (non-hydrogen) atoms. The van der Waals surface area contributed by atoms with Crippen molar-refractivity contribution in [2.24, 2.45) is 0 Å². The average Bonchev–Trinajstić information content (AvgIpc) is 2.29. The molecule has 2 aromatic carbocycles. The second kappa shape index (κ2) is 4.96. The van der Waals surface area contributed by atoms with Gasteiger partial charge in [-0.05, 0) is 48.2 Å². The minimum atomic E-state index is -4.65. The third-order valence-electron chi connectivity index (χ3n) is 2.86. The van der Waals surface area contributed by atoms with E-state index in [0.717, 1.165) is 22.3 Å². The third-order valence-corrected chi connectivity index (χ3v) is 2.86. The van der Waals surface area contributed by atoms with Gasteiger partial charge in [-0.2, -0.15) is 0 Å². The van der Waals surface area contributed by atoms with Crippen LogP contribution in [-0.4, -0.2) is 6.36 Å². The summed E-state index contributed by atoms with van der Waals surface area (Å²) in [6.45, 7) is 3.95. The van der Waals surface area contributed by atoms with E-state index >= 15 is 0 Å². The van der Waals surface area contributed by atoms with Gasteiger partial charge in [0.05, 0.1) is 0 Å². The second-order valence-corrected chi connectivity index (χ2v) is 4.34. The van der Waals surface area contributed by atoms with Gasteiger partial charge in [0, 0.05) is 0 Å². The number of aryl methyl sites for hydroxylation is 2. The molecule has 0 aliphatic heterocycles. The summed E-state index contributed by atoms with van der Waals surface area (Å²) >= 11 is 0. The van der Waals surface area contributed by atoms with Gasteiger partial charge in [0.15, 0.2) is 0 Å². The Morgan fingerprint density at radius 2 is 1.37 bits per heavy atom. The lowest BCUT2D eigenvalue weighted by Gasteiger charge is -2.12. The Morgan fingerprint density at radius 3 is 1.84 bits per heavy atom. The molecule has 0 unspecified atom stereocenters. The van der Waals surface area contributed by atoms with Crippen LogP contribution < -0.4 is 4.74 Å². The normalized spacial score (nSPS) is 11.4. The largest absolute Gasteiger partial charge is 0.573 e. The molecule has 0 amide bonds. The van der Waals surface area contributed by atoms with Crippen LogP contribution in [0.15, 0.2) is 42.5 Å². The van der Waals surface area contributed by atoms with Crippen molar-refractivity contribution in [2.45, 2.75) is 20.2 Å². The molecule has 100 valence electrons. The van der Waals surface area contributed by atoms with Gasteiger partial charge in [0.1, 0.15) is 5.75 Å². The van der Waals surface area contributed by atoms with Gasteiger partial charge in [-0.3, -0.25) is 0 Å². The van der Waals surface area contributed by atoms with Gasteiger partial charge >= 0.3 is 6.36 Å². The number of rotatable bonds is 2. The van der Waals surface area contributed by atoms with E-state index in [1.165, 1.54) is 12.1 Å². The molecule has 4 heteroatoms. The van der Waals surface area contributed by atoms with E-state index in [1.54, 1.807) is 12.1 Å². The van der Waals surface area contributed by atoms with E-state index in [4.69, 9.17) is 0 Å². The number of halogens is 3. The Balaban J connectivity index is 2.33. The minimum Gasteiger partial charge on any atom is -0.406 e. The summed E-state index contributed by atoms with van der Waals surface area (Å²) in [7, 11) is 0. The van der Waals surface area contributed by atoms with Crippen molar-refractivity contribution in [3.8, 4) is 16.9 Å². The molecule has 0 radical (unpaired) electrons. The van der Waals surface area contributed by atoms with Crippen molar-refractivity contribution in [1.29, 1.82) is 0 Å². The van der Waals surface area contributed by atoms with E-state index < -0.39 is 6.36 Å². The molecule has 0 aliphatic carbocycles. The number of hydrogen-bond donors (Lipinski definition) is 0. The van der Waals surface area contributed by atoms with E-state index in [2.05, 4.69) is 4.74 Å². The third kappa shape index (κ3) is 3.28. The standard InChI is InChI=1S/C15H13F3O/c1-10-4-3-5-11(2)14(10)12-6-8-13(9-7-12)19-15(16,17)18/h3-9H,1-2H3. The highest BCUT2D eigenvalue weighted by Crippen LogP contribution is 2.30. The molecule has 0 atom stereocenters. The molecule has 2 rings (SSSR count). The summed E-state index contributed by atoms with van der Waals surface area (Å²) in [5, 5.41) is 0. The Kier molecular flexibility index (Phi) is 3.51. The molecule has 0 aromatic heterocycles. The smallest absolute Gasteiger partial charge is 0.406 e. The molecule has 2 aromatic rings. The van der Waals surface area contributed by atoms with Crippen LogP contribution in [0.1, 0.15) is 11.1 Å². The Labute approximate surface area is 109 Å². The van der Waals surface area contributed by atoms with Crippen molar-refractivity contribution < 1.29 is 17.9 Å². The zero-order chi connectivity index (χ0) is 14.0. The lowest BCUT2D eigenvalue weighted by atomic mass is 9.96. The molecule has 0 saturated heterocycles. The summed E-state index contributed by atoms with van der Waals surface area (Å²) < 4.78 is 40.1.